The molecule has 0 saturated heterocycles. The van der Waals surface area contributed by atoms with E-state index in [0.29, 0.717) is 12.6 Å². The van der Waals surface area contributed by atoms with Crippen LogP contribution in [-0.4, -0.2) is 29.6 Å². The predicted octanol–water partition coefficient (Wildman–Crippen LogP) is 2.98. The standard InChI is InChI=1S/C12H25O5P/c1-9(2)7-18(14,15-10(3)4)17-16-12(8-13)6-11(12)5/h9-11,13H,6-8H2,1-5H3. The summed E-state index contributed by atoms with van der Waals surface area (Å²) >= 11 is 0. The van der Waals surface area contributed by atoms with Crippen LogP contribution < -0.4 is 0 Å². The highest BCUT2D eigenvalue weighted by Crippen LogP contribution is 2.55. The van der Waals surface area contributed by atoms with Crippen LogP contribution in [0, 0.1) is 11.8 Å². The quantitative estimate of drug-likeness (QED) is 0.420. The molecular formula is C12H25O5P. The number of hydrogen-bond acceptors (Lipinski definition) is 5. The van der Waals surface area contributed by atoms with Gasteiger partial charge in [0.25, 0.3) is 0 Å². The second-order valence-electron chi connectivity index (χ2n) is 5.83. The van der Waals surface area contributed by atoms with Crippen molar-refractivity contribution in [3.8, 4) is 0 Å². The van der Waals surface area contributed by atoms with Crippen molar-refractivity contribution in [1.82, 2.24) is 0 Å². The third kappa shape index (κ3) is 4.32. The van der Waals surface area contributed by atoms with Crippen molar-refractivity contribution in [2.45, 2.75) is 52.7 Å². The Morgan fingerprint density at radius 2 is 1.94 bits per heavy atom. The molecule has 1 N–H and O–H groups in total. The molecule has 1 aliphatic rings. The van der Waals surface area contributed by atoms with Gasteiger partial charge in [-0.1, -0.05) is 20.8 Å². The van der Waals surface area contributed by atoms with Gasteiger partial charge in [0, 0.05) is 0 Å². The molecule has 0 bridgehead atoms. The zero-order valence-electron chi connectivity index (χ0n) is 11.9. The van der Waals surface area contributed by atoms with Gasteiger partial charge < -0.3 is 9.63 Å². The average Bonchev–Trinajstić information content (AvgIpc) is 2.85. The molecule has 3 atom stereocenters. The number of aliphatic hydroxyl groups is 1. The topological polar surface area (TPSA) is 65.0 Å². The van der Waals surface area contributed by atoms with E-state index in [2.05, 4.69) is 0 Å². The summed E-state index contributed by atoms with van der Waals surface area (Å²) in [5.41, 5.74) is -0.688. The molecule has 0 aromatic carbocycles. The molecule has 0 radical (unpaired) electrons. The van der Waals surface area contributed by atoms with Crippen molar-refractivity contribution in [3.63, 3.8) is 0 Å². The zero-order valence-corrected chi connectivity index (χ0v) is 12.8. The van der Waals surface area contributed by atoms with E-state index in [0.717, 1.165) is 0 Å². The first-order valence-corrected chi connectivity index (χ1v) is 8.21. The fourth-order valence-corrected chi connectivity index (χ4v) is 3.79. The molecule has 1 aliphatic carbocycles. The van der Waals surface area contributed by atoms with Crippen LogP contribution in [-0.2, 0) is 18.7 Å². The Morgan fingerprint density at radius 1 is 1.39 bits per heavy atom. The first-order chi connectivity index (χ1) is 8.23. The highest BCUT2D eigenvalue weighted by Gasteiger charge is 2.55. The van der Waals surface area contributed by atoms with Gasteiger partial charge in [-0.2, -0.15) is 0 Å². The Morgan fingerprint density at radius 3 is 2.28 bits per heavy atom. The molecule has 1 rings (SSSR count). The van der Waals surface area contributed by atoms with E-state index < -0.39 is 13.2 Å². The summed E-state index contributed by atoms with van der Waals surface area (Å²) in [5, 5.41) is 9.25. The summed E-state index contributed by atoms with van der Waals surface area (Å²) in [6, 6.07) is 0. The largest absolute Gasteiger partial charge is 0.393 e. The van der Waals surface area contributed by atoms with Gasteiger partial charge in [-0.15, -0.1) is 4.67 Å². The molecule has 0 aliphatic heterocycles. The molecule has 108 valence electrons. The Balaban J connectivity index is 2.59. The molecule has 0 aromatic heterocycles. The highest BCUT2D eigenvalue weighted by molar-refractivity contribution is 7.53. The van der Waals surface area contributed by atoms with Gasteiger partial charge in [0.05, 0.1) is 18.9 Å². The van der Waals surface area contributed by atoms with Crippen molar-refractivity contribution in [3.05, 3.63) is 0 Å². The van der Waals surface area contributed by atoms with Crippen molar-refractivity contribution < 1.29 is 23.8 Å². The fourth-order valence-electron chi connectivity index (χ4n) is 1.81. The van der Waals surface area contributed by atoms with E-state index in [-0.39, 0.29) is 24.5 Å². The van der Waals surface area contributed by atoms with Crippen LogP contribution in [0.3, 0.4) is 0 Å². The van der Waals surface area contributed by atoms with E-state index in [9.17, 15) is 9.67 Å². The third-order valence-corrected chi connectivity index (χ3v) is 5.16. The van der Waals surface area contributed by atoms with Gasteiger partial charge in [0.15, 0.2) is 0 Å². The van der Waals surface area contributed by atoms with Crippen molar-refractivity contribution >= 4 is 7.60 Å². The molecule has 18 heavy (non-hydrogen) atoms. The minimum atomic E-state index is -3.26. The summed E-state index contributed by atoms with van der Waals surface area (Å²) in [6.07, 6.45) is 0.827. The summed E-state index contributed by atoms with van der Waals surface area (Å²) in [5.74, 6) is 0.397. The Hall–Kier alpha value is 0.0700. The predicted molar refractivity (Wildman–Crippen MR) is 69.3 cm³/mol. The molecule has 5 nitrogen and oxygen atoms in total. The van der Waals surface area contributed by atoms with E-state index >= 15 is 0 Å². The van der Waals surface area contributed by atoms with Gasteiger partial charge in [-0.25, -0.2) is 4.89 Å². The minimum absolute atomic E-state index is 0.127. The average molecular weight is 280 g/mol. The van der Waals surface area contributed by atoms with Crippen LogP contribution in [0.2, 0.25) is 0 Å². The van der Waals surface area contributed by atoms with Crippen molar-refractivity contribution in [1.29, 1.82) is 0 Å². The maximum Gasteiger partial charge on any atom is 0.358 e. The number of hydrogen-bond donors (Lipinski definition) is 1. The first kappa shape index (κ1) is 16.1. The molecule has 6 heteroatoms. The second-order valence-corrected chi connectivity index (χ2v) is 7.77. The molecule has 1 saturated carbocycles. The lowest BCUT2D eigenvalue weighted by Gasteiger charge is -2.23. The summed E-state index contributed by atoms with van der Waals surface area (Å²) in [7, 11) is -3.26. The SMILES string of the molecule is CC(C)CP(=O)(OOC1(CO)CC1C)OC(C)C. The van der Waals surface area contributed by atoms with Crippen LogP contribution in [0.25, 0.3) is 0 Å². The third-order valence-electron chi connectivity index (χ3n) is 2.93. The molecule has 3 unspecified atom stereocenters. The molecule has 0 amide bonds. The molecule has 0 aromatic rings. The van der Waals surface area contributed by atoms with Crippen molar-refractivity contribution in [2.24, 2.45) is 11.8 Å². The van der Waals surface area contributed by atoms with Crippen LogP contribution in [0.1, 0.15) is 41.0 Å². The highest BCUT2D eigenvalue weighted by atomic mass is 31.2. The fraction of sp³-hybridized carbons (Fsp3) is 1.00. The summed E-state index contributed by atoms with van der Waals surface area (Å²) in [4.78, 5) is 5.23. The van der Waals surface area contributed by atoms with Crippen LogP contribution in [0.15, 0.2) is 0 Å². The lowest BCUT2D eigenvalue weighted by molar-refractivity contribution is -0.276. The van der Waals surface area contributed by atoms with E-state index in [1.807, 2.05) is 20.8 Å². The van der Waals surface area contributed by atoms with E-state index in [4.69, 9.17) is 14.1 Å². The van der Waals surface area contributed by atoms with Crippen LogP contribution in [0.4, 0.5) is 0 Å². The molecular weight excluding hydrogens is 255 g/mol. The van der Waals surface area contributed by atoms with Gasteiger partial charge in [-0.05, 0) is 32.1 Å². The second kappa shape index (κ2) is 6.02. The van der Waals surface area contributed by atoms with Gasteiger partial charge in [0.1, 0.15) is 5.60 Å². The Bertz CT molecular complexity index is 300. The Labute approximate surface area is 109 Å². The number of aliphatic hydroxyl groups excluding tert-OH is 1. The maximum absolute atomic E-state index is 12.5. The first-order valence-electron chi connectivity index (χ1n) is 6.49. The zero-order chi connectivity index (χ0) is 14.0. The van der Waals surface area contributed by atoms with Crippen LogP contribution >= 0.6 is 7.60 Å². The van der Waals surface area contributed by atoms with Crippen LogP contribution in [0.5, 0.6) is 0 Å². The maximum atomic E-state index is 12.5. The lowest BCUT2D eigenvalue weighted by Crippen LogP contribution is -2.22. The van der Waals surface area contributed by atoms with Gasteiger partial charge in [-0.3, -0.25) is 4.57 Å². The van der Waals surface area contributed by atoms with E-state index in [1.54, 1.807) is 13.8 Å². The molecule has 0 heterocycles. The smallest absolute Gasteiger partial charge is 0.358 e. The molecule has 1 fully saturated rings. The van der Waals surface area contributed by atoms with Crippen molar-refractivity contribution in [2.75, 3.05) is 12.8 Å². The normalized spacial score (nSPS) is 30.8. The minimum Gasteiger partial charge on any atom is -0.393 e. The van der Waals surface area contributed by atoms with Gasteiger partial charge >= 0.3 is 7.60 Å². The monoisotopic (exact) mass is 280 g/mol. The summed E-state index contributed by atoms with van der Waals surface area (Å²) in [6.45, 7) is 9.33. The van der Waals surface area contributed by atoms with Gasteiger partial charge in [0.2, 0.25) is 0 Å². The Kier molecular flexibility index (Phi) is 5.39. The van der Waals surface area contributed by atoms with E-state index in [1.165, 1.54) is 0 Å². The molecule has 0 spiro atoms. The summed E-state index contributed by atoms with van der Waals surface area (Å²) < 4.78 is 23.0. The number of rotatable bonds is 8. The lowest BCUT2D eigenvalue weighted by atomic mass is 10.3.